The zero-order chi connectivity index (χ0) is 13.8. The maximum atomic E-state index is 11.7. The molecular formula is C13H24N2O3. The SMILES string of the molecule is CC(C)CC(CN)CC(=O)NCC1(C(=O)O)CC1. The van der Waals surface area contributed by atoms with Gasteiger partial charge in [0.25, 0.3) is 0 Å². The van der Waals surface area contributed by atoms with Gasteiger partial charge in [0.1, 0.15) is 0 Å². The Balaban J connectivity index is 2.30. The van der Waals surface area contributed by atoms with Crippen molar-refractivity contribution in [1.82, 2.24) is 5.32 Å². The van der Waals surface area contributed by atoms with E-state index >= 15 is 0 Å². The van der Waals surface area contributed by atoms with Gasteiger partial charge in [-0.1, -0.05) is 13.8 Å². The van der Waals surface area contributed by atoms with Crippen LogP contribution in [-0.4, -0.2) is 30.1 Å². The highest BCUT2D eigenvalue weighted by Crippen LogP contribution is 2.45. The number of hydrogen-bond acceptors (Lipinski definition) is 3. The molecule has 0 aromatic rings. The standard InChI is InChI=1S/C13H24N2O3/c1-9(2)5-10(7-14)6-11(16)15-8-13(3-4-13)12(17)18/h9-10H,3-8,14H2,1-2H3,(H,15,16)(H,17,18). The second-order valence-corrected chi connectivity index (χ2v) is 5.80. The third kappa shape index (κ3) is 4.29. The Morgan fingerprint density at radius 2 is 2.00 bits per heavy atom. The number of carbonyl (C=O) groups excluding carboxylic acids is 1. The normalized spacial score (nSPS) is 18.4. The Hall–Kier alpha value is -1.10. The maximum absolute atomic E-state index is 11.7. The van der Waals surface area contributed by atoms with Crippen molar-refractivity contribution in [2.24, 2.45) is 23.0 Å². The van der Waals surface area contributed by atoms with Crippen LogP contribution in [0.3, 0.4) is 0 Å². The molecule has 1 saturated carbocycles. The molecule has 104 valence electrons. The van der Waals surface area contributed by atoms with Gasteiger partial charge in [0.15, 0.2) is 0 Å². The predicted octanol–water partition coefficient (Wildman–Crippen LogP) is 0.979. The van der Waals surface area contributed by atoms with Crippen molar-refractivity contribution < 1.29 is 14.7 Å². The lowest BCUT2D eigenvalue weighted by Gasteiger charge is -2.17. The Bertz CT molecular complexity index is 311. The van der Waals surface area contributed by atoms with Gasteiger partial charge < -0.3 is 16.2 Å². The minimum Gasteiger partial charge on any atom is -0.481 e. The molecule has 1 atom stereocenters. The molecule has 0 heterocycles. The Kier molecular flexibility index (Phi) is 5.14. The number of hydrogen-bond donors (Lipinski definition) is 3. The first-order chi connectivity index (χ1) is 8.39. The van der Waals surface area contributed by atoms with Gasteiger partial charge in [0.05, 0.1) is 5.41 Å². The first kappa shape index (κ1) is 15.0. The van der Waals surface area contributed by atoms with E-state index in [1.54, 1.807) is 0 Å². The first-order valence-corrected chi connectivity index (χ1v) is 6.60. The molecule has 0 spiro atoms. The molecule has 1 unspecified atom stereocenters. The average molecular weight is 256 g/mol. The Morgan fingerprint density at radius 3 is 2.39 bits per heavy atom. The van der Waals surface area contributed by atoms with Crippen LogP contribution in [0.1, 0.15) is 39.5 Å². The topological polar surface area (TPSA) is 92.4 Å². The van der Waals surface area contributed by atoms with Crippen LogP contribution in [-0.2, 0) is 9.59 Å². The molecule has 4 N–H and O–H groups in total. The van der Waals surface area contributed by atoms with Crippen LogP contribution in [0.4, 0.5) is 0 Å². The smallest absolute Gasteiger partial charge is 0.311 e. The largest absolute Gasteiger partial charge is 0.481 e. The molecule has 0 radical (unpaired) electrons. The summed E-state index contributed by atoms with van der Waals surface area (Å²) in [5, 5.41) is 11.7. The van der Waals surface area contributed by atoms with Gasteiger partial charge in [-0.15, -0.1) is 0 Å². The molecule has 0 saturated heterocycles. The number of nitrogens with two attached hydrogens (primary N) is 1. The van der Waals surface area contributed by atoms with Crippen LogP contribution in [0.25, 0.3) is 0 Å². The fourth-order valence-corrected chi connectivity index (χ4v) is 2.15. The minimum atomic E-state index is -0.805. The molecule has 0 aromatic carbocycles. The molecule has 0 aliphatic heterocycles. The van der Waals surface area contributed by atoms with E-state index < -0.39 is 11.4 Å². The molecule has 5 heteroatoms. The highest BCUT2D eigenvalue weighted by Gasteiger charge is 2.50. The molecule has 1 amide bonds. The van der Waals surface area contributed by atoms with Crippen LogP contribution in [0.2, 0.25) is 0 Å². The van der Waals surface area contributed by atoms with Crippen molar-refractivity contribution >= 4 is 11.9 Å². The summed E-state index contributed by atoms with van der Waals surface area (Å²) in [5.74, 6) is -0.191. The third-order valence-corrected chi connectivity index (χ3v) is 3.54. The Labute approximate surface area is 108 Å². The third-order valence-electron chi connectivity index (χ3n) is 3.54. The van der Waals surface area contributed by atoms with E-state index in [0.717, 1.165) is 6.42 Å². The van der Waals surface area contributed by atoms with Crippen LogP contribution in [0.5, 0.6) is 0 Å². The average Bonchev–Trinajstić information content (AvgIpc) is 3.06. The number of carboxylic acid groups (broad SMARTS) is 1. The molecule has 0 bridgehead atoms. The summed E-state index contributed by atoms with van der Waals surface area (Å²) in [4.78, 5) is 22.7. The van der Waals surface area contributed by atoms with Crippen molar-refractivity contribution in [2.45, 2.75) is 39.5 Å². The zero-order valence-electron chi connectivity index (χ0n) is 11.2. The van der Waals surface area contributed by atoms with Gasteiger partial charge in [-0.05, 0) is 37.6 Å². The monoisotopic (exact) mass is 256 g/mol. The minimum absolute atomic E-state index is 0.0846. The summed E-state index contributed by atoms with van der Waals surface area (Å²) in [6.07, 6.45) is 2.64. The Morgan fingerprint density at radius 1 is 1.39 bits per heavy atom. The summed E-state index contributed by atoms with van der Waals surface area (Å²) in [6, 6.07) is 0. The molecule has 18 heavy (non-hydrogen) atoms. The summed E-state index contributed by atoms with van der Waals surface area (Å²) in [6.45, 7) is 4.95. The molecule has 1 fully saturated rings. The van der Waals surface area contributed by atoms with Gasteiger partial charge in [-0.25, -0.2) is 0 Å². The van der Waals surface area contributed by atoms with Crippen molar-refractivity contribution in [3.05, 3.63) is 0 Å². The van der Waals surface area contributed by atoms with Crippen molar-refractivity contribution in [3.8, 4) is 0 Å². The van der Waals surface area contributed by atoms with E-state index in [0.29, 0.717) is 31.7 Å². The molecule has 0 aromatic heterocycles. The van der Waals surface area contributed by atoms with E-state index in [-0.39, 0.29) is 18.4 Å². The second kappa shape index (κ2) is 6.18. The van der Waals surface area contributed by atoms with E-state index in [9.17, 15) is 9.59 Å². The summed E-state index contributed by atoms with van der Waals surface area (Å²) >= 11 is 0. The van der Waals surface area contributed by atoms with E-state index in [4.69, 9.17) is 10.8 Å². The van der Waals surface area contributed by atoms with E-state index in [1.165, 1.54) is 0 Å². The van der Waals surface area contributed by atoms with Crippen LogP contribution in [0.15, 0.2) is 0 Å². The predicted molar refractivity (Wildman–Crippen MR) is 68.9 cm³/mol. The number of aliphatic carboxylic acids is 1. The lowest BCUT2D eigenvalue weighted by atomic mass is 9.94. The molecule has 1 aliphatic rings. The van der Waals surface area contributed by atoms with Gasteiger partial charge in [-0.3, -0.25) is 9.59 Å². The van der Waals surface area contributed by atoms with Crippen LogP contribution in [0, 0.1) is 17.3 Å². The van der Waals surface area contributed by atoms with Crippen molar-refractivity contribution in [1.29, 1.82) is 0 Å². The van der Waals surface area contributed by atoms with Gasteiger partial charge in [0.2, 0.25) is 5.91 Å². The van der Waals surface area contributed by atoms with Crippen LogP contribution >= 0.6 is 0 Å². The van der Waals surface area contributed by atoms with Gasteiger partial charge in [-0.2, -0.15) is 0 Å². The second-order valence-electron chi connectivity index (χ2n) is 5.80. The van der Waals surface area contributed by atoms with Crippen LogP contribution < -0.4 is 11.1 Å². The lowest BCUT2D eigenvalue weighted by Crippen LogP contribution is -2.36. The number of rotatable bonds is 8. The lowest BCUT2D eigenvalue weighted by molar-refractivity contribution is -0.143. The zero-order valence-corrected chi connectivity index (χ0v) is 11.2. The van der Waals surface area contributed by atoms with E-state index in [2.05, 4.69) is 19.2 Å². The fourth-order valence-electron chi connectivity index (χ4n) is 2.15. The fraction of sp³-hybridized carbons (Fsp3) is 0.846. The first-order valence-electron chi connectivity index (χ1n) is 6.60. The summed E-state index contributed by atoms with van der Waals surface area (Å²) in [5.41, 5.74) is 4.95. The molecule has 1 rings (SSSR count). The van der Waals surface area contributed by atoms with Gasteiger partial charge >= 0.3 is 5.97 Å². The number of amides is 1. The number of carbonyl (C=O) groups is 2. The van der Waals surface area contributed by atoms with Gasteiger partial charge in [0, 0.05) is 13.0 Å². The molecule has 1 aliphatic carbocycles. The summed E-state index contributed by atoms with van der Waals surface area (Å²) < 4.78 is 0. The number of carboxylic acids is 1. The maximum Gasteiger partial charge on any atom is 0.311 e. The number of nitrogens with one attached hydrogen (secondary N) is 1. The highest BCUT2D eigenvalue weighted by atomic mass is 16.4. The molecule has 5 nitrogen and oxygen atoms in total. The van der Waals surface area contributed by atoms with E-state index in [1.807, 2.05) is 0 Å². The van der Waals surface area contributed by atoms with Crippen molar-refractivity contribution in [2.75, 3.05) is 13.1 Å². The highest BCUT2D eigenvalue weighted by molar-refractivity contribution is 5.81. The van der Waals surface area contributed by atoms with Crippen molar-refractivity contribution in [3.63, 3.8) is 0 Å². The summed E-state index contributed by atoms with van der Waals surface area (Å²) in [7, 11) is 0. The quantitative estimate of drug-likeness (QED) is 0.603. The molecular weight excluding hydrogens is 232 g/mol.